The molecule has 22 heavy (non-hydrogen) atoms. The van der Waals surface area contributed by atoms with E-state index in [1.165, 1.54) is 7.11 Å². The molecule has 5 nitrogen and oxygen atoms in total. The molecular formula is C15H20Br2N2O3. The number of carbonyl (C=O) groups excluding carboxylic acids is 2. The molecule has 0 aromatic carbocycles. The summed E-state index contributed by atoms with van der Waals surface area (Å²) < 4.78 is 4.57. The smallest absolute Gasteiger partial charge is 0.305 e. The number of alkyl halides is 2. The lowest BCUT2D eigenvalue weighted by molar-refractivity contribution is -0.140. The molecule has 0 saturated carbocycles. The second-order valence-corrected chi connectivity index (χ2v) is 5.87. The van der Waals surface area contributed by atoms with Crippen LogP contribution in [-0.4, -0.2) is 30.5 Å². The number of unbranched alkanes of at least 4 members (excludes halogenated alkanes) is 2. The first kappa shape index (κ1) is 19.1. The molecule has 0 bridgehead atoms. The largest absolute Gasteiger partial charge is 0.469 e. The maximum Gasteiger partial charge on any atom is 0.305 e. The van der Waals surface area contributed by atoms with Gasteiger partial charge in [0.25, 0.3) is 5.91 Å². The van der Waals surface area contributed by atoms with Crippen molar-refractivity contribution in [3.63, 3.8) is 0 Å². The molecule has 0 spiro atoms. The van der Waals surface area contributed by atoms with E-state index < -0.39 is 0 Å². The van der Waals surface area contributed by atoms with Gasteiger partial charge in [0.1, 0.15) is 0 Å². The van der Waals surface area contributed by atoms with Gasteiger partial charge in [0, 0.05) is 29.2 Å². The number of rotatable bonds is 9. The van der Waals surface area contributed by atoms with Gasteiger partial charge < -0.3 is 10.1 Å². The van der Waals surface area contributed by atoms with E-state index in [2.05, 4.69) is 46.9 Å². The number of hydrogen-bond acceptors (Lipinski definition) is 4. The van der Waals surface area contributed by atoms with Crippen molar-refractivity contribution in [2.45, 2.75) is 36.3 Å². The molecular weight excluding hydrogens is 416 g/mol. The molecule has 1 aromatic rings. The van der Waals surface area contributed by atoms with Gasteiger partial charge in [0.15, 0.2) is 0 Å². The zero-order chi connectivity index (χ0) is 16.4. The SMILES string of the molecule is COC(=O)CCCCCNC(=O)c1cc(CBr)nc(CBr)c1. The molecule has 0 radical (unpaired) electrons. The summed E-state index contributed by atoms with van der Waals surface area (Å²) in [4.78, 5) is 27.5. The van der Waals surface area contributed by atoms with Crippen LogP contribution in [0.4, 0.5) is 0 Å². The molecule has 1 N–H and O–H groups in total. The quantitative estimate of drug-likeness (QED) is 0.367. The van der Waals surface area contributed by atoms with Crippen LogP contribution in [0.2, 0.25) is 0 Å². The highest BCUT2D eigenvalue weighted by Gasteiger charge is 2.09. The van der Waals surface area contributed by atoms with Crippen LogP contribution in [0, 0.1) is 0 Å². The third-order valence-corrected chi connectivity index (χ3v) is 4.19. The Labute approximate surface area is 147 Å². The molecule has 1 amide bonds. The number of nitrogens with zero attached hydrogens (tertiary/aromatic N) is 1. The second-order valence-electron chi connectivity index (χ2n) is 4.75. The first-order valence-corrected chi connectivity index (χ1v) is 9.31. The number of hydrogen-bond donors (Lipinski definition) is 1. The molecule has 0 unspecified atom stereocenters. The Morgan fingerprint density at radius 3 is 2.32 bits per heavy atom. The van der Waals surface area contributed by atoms with Gasteiger partial charge in [0.05, 0.1) is 18.5 Å². The standard InChI is InChI=1S/C15H20Br2N2O3/c1-22-14(20)5-3-2-4-6-18-15(21)11-7-12(9-16)19-13(8-11)10-17/h7-8H,2-6,9-10H2,1H3,(H,18,21). The van der Waals surface area contributed by atoms with Crippen molar-refractivity contribution in [1.29, 1.82) is 0 Å². The topological polar surface area (TPSA) is 68.3 Å². The molecule has 0 aliphatic heterocycles. The van der Waals surface area contributed by atoms with Gasteiger partial charge in [-0.15, -0.1) is 0 Å². The monoisotopic (exact) mass is 434 g/mol. The summed E-state index contributed by atoms with van der Waals surface area (Å²) in [6, 6.07) is 3.57. The summed E-state index contributed by atoms with van der Waals surface area (Å²) in [5.41, 5.74) is 2.29. The number of ether oxygens (including phenoxy) is 1. The molecule has 0 aliphatic rings. The van der Waals surface area contributed by atoms with E-state index in [9.17, 15) is 9.59 Å². The van der Waals surface area contributed by atoms with E-state index in [-0.39, 0.29) is 11.9 Å². The Hall–Kier alpha value is -0.950. The van der Waals surface area contributed by atoms with Gasteiger partial charge in [-0.05, 0) is 25.0 Å². The van der Waals surface area contributed by atoms with Crippen molar-refractivity contribution in [3.05, 3.63) is 29.1 Å². The number of methoxy groups -OCH3 is 1. The third-order valence-electron chi connectivity index (χ3n) is 3.04. The molecule has 0 aliphatic carbocycles. The van der Waals surface area contributed by atoms with E-state index in [4.69, 9.17) is 0 Å². The summed E-state index contributed by atoms with van der Waals surface area (Å²) in [6.45, 7) is 0.593. The van der Waals surface area contributed by atoms with Crippen molar-refractivity contribution in [1.82, 2.24) is 10.3 Å². The lowest BCUT2D eigenvalue weighted by atomic mass is 10.1. The minimum atomic E-state index is -0.189. The van der Waals surface area contributed by atoms with Crippen LogP contribution in [0.5, 0.6) is 0 Å². The highest BCUT2D eigenvalue weighted by atomic mass is 79.9. The van der Waals surface area contributed by atoms with Crippen molar-refractivity contribution < 1.29 is 14.3 Å². The van der Waals surface area contributed by atoms with Crippen LogP contribution >= 0.6 is 31.9 Å². The van der Waals surface area contributed by atoms with Crippen LogP contribution in [0.1, 0.15) is 47.4 Å². The van der Waals surface area contributed by atoms with Crippen LogP contribution in [0.25, 0.3) is 0 Å². The molecule has 1 rings (SSSR count). The maximum absolute atomic E-state index is 12.1. The number of carbonyl (C=O) groups is 2. The summed E-state index contributed by atoms with van der Waals surface area (Å²) >= 11 is 6.71. The van der Waals surface area contributed by atoms with Crippen LogP contribution < -0.4 is 5.32 Å². The lowest BCUT2D eigenvalue weighted by Gasteiger charge is -2.08. The highest BCUT2D eigenvalue weighted by Crippen LogP contribution is 2.12. The molecule has 0 fully saturated rings. The Morgan fingerprint density at radius 2 is 1.77 bits per heavy atom. The maximum atomic E-state index is 12.1. The van der Waals surface area contributed by atoms with E-state index in [0.717, 1.165) is 30.7 Å². The van der Waals surface area contributed by atoms with Crippen LogP contribution in [-0.2, 0) is 20.2 Å². The average molecular weight is 436 g/mol. The summed E-state index contributed by atoms with van der Waals surface area (Å²) in [6.07, 6.45) is 2.92. The van der Waals surface area contributed by atoms with Crippen LogP contribution in [0.15, 0.2) is 12.1 Å². The Bertz CT molecular complexity index is 487. The Morgan fingerprint density at radius 1 is 1.14 bits per heavy atom. The number of pyridine rings is 1. The minimum absolute atomic E-state index is 0.0974. The van der Waals surface area contributed by atoms with Gasteiger partial charge in [-0.2, -0.15) is 0 Å². The van der Waals surface area contributed by atoms with Gasteiger partial charge >= 0.3 is 5.97 Å². The van der Waals surface area contributed by atoms with E-state index in [1.54, 1.807) is 12.1 Å². The number of esters is 1. The van der Waals surface area contributed by atoms with Crippen molar-refractivity contribution in [2.24, 2.45) is 0 Å². The molecule has 0 atom stereocenters. The normalized spacial score (nSPS) is 10.3. The predicted octanol–water partition coefficient (Wildman–Crippen LogP) is 3.33. The second kappa shape index (κ2) is 10.7. The molecule has 122 valence electrons. The number of halogens is 2. The van der Waals surface area contributed by atoms with Gasteiger partial charge in [-0.3, -0.25) is 14.6 Å². The fourth-order valence-electron chi connectivity index (χ4n) is 1.89. The Kier molecular flexibility index (Phi) is 9.31. The number of aromatic nitrogens is 1. The van der Waals surface area contributed by atoms with Crippen molar-refractivity contribution >= 4 is 43.7 Å². The third kappa shape index (κ3) is 6.87. The fourth-order valence-corrected chi connectivity index (χ4v) is 2.47. The van der Waals surface area contributed by atoms with Crippen molar-refractivity contribution in [3.8, 4) is 0 Å². The van der Waals surface area contributed by atoms with Gasteiger partial charge in [-0.25, -0.2) is 0 Å². The molecule has 7 heteroatoms. The molecule has 1 aromatic heterocycles. The van der Waals surface area contributed by atoms with Crippen molar-refractivity contribution in [2.75, 3.05) is 13.7 Å². The fraction of sp³-hybridized carbons (Fsp3) is 0.533. The summed E-state index contributed by atoms with van der Waals surface area (Å²) in [5, 5.41) is 4.12. The zero-order valence-corrected chi connectivity index (χ0v) is 15.7. The first-order chi connectivity index (χ1) is 10.6. The molecule has 1 heterocycles. The van der Waals surface area contributed by atoms with Crippen LogP contribution in [0.3, 0.4) is 0 Å². The van der Waals surface area contributed by atoms with E-state index in [0.29, 0.717) is 29.2 Å². The number of amides is 1. The average Bonchev–Trinajstić information content (AvgIpc) is 2.56. The minimum Gasteiger partial charge on any atom is -0.469 e. The van der Waals surface area contributed by atoms with Gasteiger partial charge in [-0.1, -0.05) is 38.3 Å². The lowest BCUT2D eigenvalue weighted by Crippen LogP contribution is -2.25. The predicted molar refractivity (Wildman–Crippen MR) is 92.3 cm³/mol. The van der Waals surface area contributed by atoms with Gasteiger partial charge in [0.2, 0.25) is 0 Å². The number of nitrogens with one attached hydrogen (secondary N) is 1. The van der Waals surface area contributed by atoms with E-state index >= 15 is 0 Å². The summed E-state index contributed by atoms with van der Waals surface area (Å²) in [7, 11) is 1.39. The summed E-state index contributed by atoms with van der Waals surface area (Å²) in [5.74, 6) is -0.287. The highest BCUT2D eigenvalue weighted by molar-refractivity contribution is 9.08. The zero-order valence-electron chi connectivity index (χ0n) is 12.5. The first-order valence-electron chi connectivity index (χ1n) is 7.07. The Balaban J connectivity index is 2.37. The van der Waals surface area contributed by atoms with E-state index in [1.807, 2.05) is 0 Å². The molecule has 0 saturated heterocycles.